The molecular formula is C19H24ClN5O. The number of H-pyrrole nitrogens is 1. The highest BCUT2D eigenvalue weighted by Crippen LogP contribution is 2.29. The Morgan fingerprint density at radius 3 is 2.81 bits per heavy atom. The van der Waals surface area contributed by atoms with Gasteiger partial charge in [0.25, 0.3) is 0 Å². The molecule has 138 valence electrons. The molecule has 26 heavy (non-hydrogen) atoms. The molecule has 1 aromatic carbocycles. The molecule has 2 bridgehead atoms. The number of halogens is 1. The molecule has 0 unspecified atom stereocenters. The number of nitrogens with one attached hydrogen (secondary N) is 1. The van der Waals surface area contributed by atoms with Crippen molar-refractivity contribution in [3.63, 3.8) is 0 Å². The molecule has 0 saturated carbocycles. The maximum absolute atomic E-state index is 12.7. The lowest BCUT2D eigenvalue weighted by Gasteiger charge is -2.36. The number of carbonyl (C=O) groups is 1. The molecule has 0 spiro atoms. The lowest BCUT2D eigenvalue weighted by molar-refractivity contribution is -0.131. The molecule has 1 N–H and O–H groups in total. The molecule has 3 aliphatic heterocycles. The van der Waals surface area contributed by atoms with Crippen LogP contribution in [-0.2, 0) is 17.8 Å². The molecule has 3 fully saturated rings. The Bertz CT molecular complexity index is 749. The van der Waals surface area contributed by atoms with Crippen LogP contribution in [-0.4, -0.2) is 56.6 Å². The Hall–Kier alpha value is -1.92. The van der Waals surface area contributed by atoms with E-state index < -0.39 is 0 Å². The van der Waals surface area contributed by atoms with Gasteiger partial charge in [-0.3, -0.25) is 14.8 Å². The van der Waals surface area contributed by atoms with E-state index in [-0.39, 0.29) is 11.2 Å². The molecular weight excluding hydrogens is 350 g/mol. The molecule has 7 heteroatoms. The van der Waals surface area contributed by atoms with Crippen molar-refractivity contribution >= 4 is 17.5 Å². The molecule has 6 nitrogen and oxygen atoms in total. The van der Waals surface area contributed by atoms with Gasteiger partial charge >= 0.3 is 0 Å². The predicted molar refractivity (Wildman–Crippen MR) is 99.7 cm³/mol. The lowest BCUT2D eigenvalue weighted by atomic mass is 9.94. The maximum atomic E-state index is 12.7. The Kier molecular flexibility index (Phi) is 5.22. The minimum atomic E-state index is 0.205. The molecule has 4 heterocycles. The monoisotopic (exact) mass is 373 g/mol. The van der Waals surface area contributed by atoms with Gasteiger partial charge in [0.05, 0.1) is 0 Å². The van der Waals surface area contributed by atoms with Crippen molar-refractivity contribution in [2.45, 2.75) is 38.3 Å². The molecule has 1 amide bonds. The normalized spacial score (nSPS) is 23.2. The molecule has 5 rings (SSSR count). The van der Waals surface area contributed by atoms with Crippen molar-refractivity contribution < 1.29 is 4.79 Å². The van der Waals surface area contributed by atoms with Gasteiger partial charge in [0.15, 0.2) is 0 Å². The standard InChI is InChI=1S/C19H24ClN5O/c20-19-21-17(22-23-19)8-9-18(26)25-12-15-6-7-16(13-25)24(11-15)10-14-4-2-1-3-5-14/h1-5,15-16H,6-13H2,(H,21,22,23)/t15-,16-/m1/s1. The van der Waals surface area contributed by atoms with E-state index in [1.807, 2.05) is 0 Å². The van der Waals surface area contributed by atoms with E-state index in [0.29, 0.717) is 30.6 Å². The maximum Gasteiger partial charge on any atom is 0.242 e. The predicted octanol–water partition coefficient (Wildman–Crippen LogP) is 2.51. The Labute approximate surface area is 158 Å². The van der Waals surface area contributed by atoms with Gasteiger partial charge in [-0.2, -0.15) is 0 Å². The van der Waals surface area contributed by atoms with E-state index in [9.17, 15) is 4.79 Å². The number of rotatable bonds is 5. The molecule has 1 aromatic heterocycles. The fourth-order valence-corrected chi connectivity index (χ4v) is 4.31. The van der Waals surface area contributed by atoms with Crippen LogP contribution in [0.25, 0.3) is 0 Å². The topological polar surface area (TPSA) is 65.1 Å². The zero-order valence-corrected chi connectivity index (χ0v) is 15.5. The summed E-state index contributed by atoms with van der Waals surface area (Å²) in [6.45, 7) is 3.76. The van der Waals surface area contributed by atoms with Crippen LogP contribution in [0.5, 0.6) is 0 Å². The van der Waals surface area contributed by atoms with Crippen molar-refractivity contribution in [2.75, 3.05) is 19.6 Å². The zero-order chi connectivity index (χ0) is 17.9. The highest BCUT2D eigenvalue weighted by molar-refractivity contribution is 6.28. The number of aromatic nitrogens is 3. The number of aryl methyl sites for hydroxylation is 1. The molecule has 0 radical (unpaired) electrons. The van der Waals surface area contributed by atoms with Gasteiger partial charge < -0.3 is 4.90 Å². The molecule has 3 saturated heterocycles. The number of carbonyl (C=O) groups excluding carboxylic acids is 1. The van der Waals surface area contributed by atoms with Crippen LogP contribution in [0.15, 0.2) is 30.3 Å². The first-order valence-corrected chi connectivity index (χ1v) is 9.67. The van der Waals surface area contributed by atoms with E-state index in [1.165, 1.54) is 18.4 Å². The summed E-state index contributed by atoms with van der Waals surface area (Å²) in [7, 11) is 0. The van der Waals surface area contributed by atoms with Crippen molar-refractivity contribution in [1.82, 2.24) is 25.0 Å². The van der Waals surface area contributed by atoms with Crippen molar-refractivity contribution in [3.05, 3.63) is 47.0 Å². The van der Waals surface area contributed by atoms with Gasteiger partial charge in [-0.1, -0.05) is 30.3 Å². The summed E-state index contributed by atoms with van der Waals surface area (Å²) in [6, 6.07) is 11.1. The first kappa shape index (κ1) is 17.5. The van der Waals surface area contributed by atoms with Crippen LogP contribution in [0, 0.1) is 5.92 Å². The van der Waals surface area contributed by atoms with Gasteiger partial charge in [-0.05, 0) is 35.9 Å². The van der Waals surface area contributed by atoms with Gasteiger partial charge in [-0.25, -0.2) is 4.98 Å². The molecule has 2 aromatic rings. The van der Waals surface area contributed by atoms with E-state index in [0.717, 1.165) is 26.2 Å². The third kappa shape index (κ3) is 4.07. The second-order valence-electron chi connectivity index (χ2n) is 7.36. The fraction of sp³-hybridized carbons (Fsp3) is 0.526. The van der Waals surface area contributed by atoms with E-state index in [1.54, 1.807) is 0 Å². The number of aromatic amines is 1. The van der Waals surface area contributed by atoms with Gasteiger partial charge in [-0.15, -0.1) is 5.10 Å². The largest absolute Gasteiger partial charge is 0.341 e. The number of nitrogens with zero attached hydrogens (tertiary/aromatic N) is 4. The third-order valence-electron chi connectivity index (χ3n) is 5.49. The van der Waals surface area contributed by atoms with E-state index in [2.05, 4.69) is 55.3 Å². The van der Waals surface area contributed by atoms with Crippen molar-refractivity contribution in [2.24, 2.45) is 5.92 Å². The number of benzene rings is 1. The number of piperidine rings is 1. The molecule has 0 aliphatic carbocycles. The highest BCUT2D eigenvalue weighted by Gasteiger charge is 2.36. The van der Waals surface area contributed by atoms with Crippen molar-refractivity contribution in [3.8, 4) is 0 Å². The Balaban J connectivity index is 1.37. The number of fused-ring (bicyclic) bond motifs is 4. The second-order valence-corrected chi connectivity index (χ2v) is 7.70. The minimum Gasteiger partial charge on any atom is -0.341 e. The number of hydrogen-bond donors (Lipinski definition) is 1. The Morgan fingerprint density at radius 2 is 2.04 bits per heavy atom. The van der Waals surface area contributed by atoms with Gasteiger partial charge in [0, 0.05) is 45.1 Å². The summed E-state index contributed by atoms with van der Waals surface area (Å²) >= 11 is 5.72. The van der Waals surface area contributed by atoms with Gasteiger partial charge in [0.1, 0.15) is 5.82 Å². The summed E-state index contributed by atoms with van der Waals surface area (Å²) in [5, 5.41) is 6.78. The van der Waals surface area contributed by atoms with E-state index in [4.69, 9.17) is 11.6 Å². The Morgan fingerprint density at radius 1 is 1.19 bits per heavy atom. The first-order chi connectivity index (χ1) is 12.7. The second kappa shape index (κ2) is 7.76. The van der Waals surface area contributed by atoms with Gasteiger partial charge in [0.2, 0.25) is 11.2 Å². The summed E-state index contributed by atoms with van der Waals surface area (Å²) in [4.78, 5) is 21.4. The minimum absolute atomic E-state index is 0.205. The van der Waals surface area contributed by atoms with Crippen LogP contribution in [0.2, 0.25) is 5.28 Å². The average Bonchev–Trinajstić information content (AvgIpc) is 2.87. The van der Waals surface area contributed by atoms with Crippen molar-refractivity contribution in [1.29, 1.82) is 0 Å². The summed E-state index contributed by atoms with van der Waals surface area (Å²) in [5.41, 5.74) is 1.35. The van der Waals surface area contributed by atoms with Crippen LogP contribution in [0.1, 0.15) is 30.7 Å². The molecule has 2 atom stereocenters. The summed E-state index contributed by atoms with van der Waals surface area (Å²) < 4.78 is 0. The average molecular weight is 374 g/mol. The highest BCUT2D eigenvalue weighted by atomic mass is 35.5. The van der Waals surface area contributed by atoms with Crippen LogP contribution in [0.4, 0.5) is 0 Å². The van der Waals surface area contributed by atoms with E-state index >= 15 is 0 Å². The summed E-state index contributed by atoms with van der Waals surface area (Å²) in [5.74, 6) is 1.45. The number of hydrogen-bond acceptors (Lipinski definition) is 4. The fourth-order valence-electron chi connectivity index (χ4n) is 4.16. The summed E-state index contributed by atoms with van der Waals surface area (Å²) in [6.07, 6.45) is 3.40. The SMILES string of the molecule is O=C(CCc1nc(Cl)n[nH]1)N1C[C@@H]2CC[C@H](C1)N(Cc1ccccc1)C2. The van der Waals surface area contributed by atoms with Crippen LogP contribution >= 0.6 is 11.6 Å². The first-order valence-electron chi connectivity index (χ1n) is 9.30. The van der Waals surface area contributed by atoms with Crippen LogP contribution < -0.4 is 0 Å². The number of amides is 1. The quantitative estimate of drug-likeness (QED) is 0.874. The third-order valence-corrected chi connectivity index (χ3v) is 5.66. The van der Waals surface area contributed by atoms with Crippen LogP contribution in [0.3, 0.4) is 0 Å². The zero-order valence-electron chi connectivity index (χ0n) is 14.8. The smallest absolute Gasteiger partial charge is 0.242 e. The lowest BCUT2D eigenvalue weighted by Crippen LogP contribution is -2.43. The molecule has 3 aliphatic rings.